The first-order valence-electron chi connectivity index (χ1n) is 6.55. The molecule has 0 radical (unpaired) electrons. The number of nitrogens with zero attached hydrogens (tertiary/aromatic N) is 1. The Labute approximate surface area is 103 Å². The fourth-order valence-corrected chi connectivity index (χ4v) is 2.02. The normalized spacial score (nSPS) is 10.8. The number of aryl methyl sites for hydroxylation is 2. The van der Waals surface area contributed by atoms with E-state index >= 15 is 0 Å². The Bertz CT molecular complexity index is 421. The topological polar surface area (TPSA) is 42.2 Å². The number of rotatable bonds is 6. The summed E-state index contributed by atoms with van der Waals surface area (Å²) < 4.78 is 0.841. The average molecular weight is 237 g/mol. The van der Waals surface area contributed by atoms with E-state index in [2.05, 4.69) is 13.8 Å². The summed E-state index contributed by atoms with van der Waals surface area (Å²) >= 11 is 0. The second-order valence-corrected chi connectivity index (χ2v) is 4.62. The van der Waals surface area contributed by atoms with Crippen LogP contribution in [0.1, 0.15) is 56.4 Å². The van der Waals surface area contributed by atoms with Gasteiger partial charge in [0.25, 0.3) is 5.56 Å². The second kappa shape index (κ2) is 6.48. The fraction of sp³-hybridized carbons (Fsp3) is 0.643. The summed E-state index contributed by atoms with van der Waals surface area (Å²) in [5, 5.41) is 9.83. The Balaban J connectivity index is 3.04. The van der Waals surface area contributed by atoms with Gasteiger partial charge in [0.15, 0.2) is 0 Å². The van der Waals surface area contributed by atoms with Gasteiger partial charge in [-0.05, 0) is 44.2 Å². The van der Waals surface area contributed by atoms with E-state index in [0.29, 0.717) is 0 Å². The molecule has 0 aromatic carbocycles. The minimum absolute atomic E-state index is 0.232. The molecule has 0 aliphatic rings. The highest BCUT2D eigenvalue weighted by Gasteiger charge is 2.11. The van der Waals surface area contributed by atoms with Gasteiger partial charge in [0.2, 0.25) is 0 Å². The summed E-state index contributed by atoms with van der Waals surface area (Å²) in [5.41, 5.74) is 2.27. The largest absolute Gasteiger partial charge is 0.425 e. The van der Waals surface area contributed by atoms with E-state index in [0.717, 1.165) is 60.1 Å². The molecule has 0 spiro atoms. The third-order valence-electron chi connectivity index (χ3n) is 3.15. The van der Waals surface area contributed by atoms with Crippen LogP contribution >= 0.6 is 0 Å². The third-order valence-corrected chi connectivity index (χ3v) is 3.15. The van der Waals surface area contributed by atoms with Crippen LogP contribution < -0.4 is 5.56 Å². The molecule has 0 saturated carbocycles. The van der Waals surface area contributed by atoms with Crippen LogP contribution in [0.25, 0.3) is 0 Å². The van der Waals surface area contributed by atoms with Gasteiger partial charge in [-0.25, -0.2) is 0 Å². The molecule has 1 N–H and O–H groups in total. The SMILES string of the molecule is CCCCc1c(C)cc(CCCC)n(O)c1=O. The lowest BCUT2D eigenvalue weighted by atomic mass is 10.0. The van der Waals surface area contributed by atoms with Gasteiger partial charge in [0, 0.05) is 5.56 Å². The van der Waals surface area contributed by atoms with Crippen LogP contribution in [0, 0.1) is 6.92 Å². The summed E-state index contributed by atoms with van der Waals surface area (Å²) in [6.07, 6.45) is 5.62. The molecule has 0 atom stereocenters. The van der Waals surface area contributed by atoms with Gasteiger partial charge >= 0.3 is 0 Å². The number of aromatic nitrogens is 1. The van der Waals surface area contributed by atoms with Gasteiger partial charge in [-0.1, -0.05) is 26.7 Å². The Morgan fingerprint density at radius 1 is 1.18 bits per heavy atom. The van der Waals surface area contributed by atoms with Crippen molar-refractivity contribution in [3.8, 4) is 0 Å². The van der Waals surface area contributed by atoms with Crippen molar-refractivity contribution >= 4 is 0 Å². The van der Waals surface area contributed by atoms with Crippen molar-refractivity contribution in [1.29, 1.82) is 0 Å². The highest BCUT2D eigenvalue weighted by Crippen LogP contribution is 2.11. The minimum Gasteiger partial charge on any atom is -0.425 e. The Morgan fingerprint density at radius 3 is 2.35 bits per heavy atom. The maximum Gasteiger partial charge on any atom is 0.286 e. The number of pyridine rings is 1. The van der Waals surface area contributed by atoms with E-state index in [4.69, 9.17) is 0 Å². The molecule has 1 aromatic rings. The molecule has 0 saturated heterocycles. The first-order chi connectivity index (χ1) is 8.11. The zero-order valence-corrected chi connectivity index (χ0v) is 11.1. The van der Waals surface area contributed by atoms with E-state index in [1.54, 1.807) is 0 Å². The lowest BCUT2D eigenvalue weighted by Crippen LogP contribution is -2.26. The van der Waals surface area contributed by atoms with Crippen molar-refractivity contribution in [3.63, 3.8) is 0 Å². The molecule has 17 heavy (non-hydrogen) atoms. The van der Waals surface area contributed by atoms with Crippen LogP contribution in [0.2, 0.25) is 0 Å². The van der Waals surface area contributed by atoms with Crippen LogP contribution in [0.5, 0.6) is 0 Å². The number of hydrogen-bond acceptors (Lipinski definition) is 2. The van der Waals surface area contributed by atoms with Crippen LogP contribution in [0.3, 0.4) is 0 Å². The molecule has 3 heteroatoms. The highest BCUT2D eigenvalue weighted by atomic mass is 16.5. The first kappa shape index (κ1) is 13.8. The van der Waals surface area contributed by atoms with Crippen LogP contribution in [0.15, 0.2) is 10.9 Å². The van der Waals surface area contributed by atoms with Gasteiger partial charge in [-0.15, -0.1) is 0 Å². The molecule has 1 heterocycles. The maximum absolute atomic E-state index is 12.0. The molecule has 0 fully saturated rings. The monoisotopic (exact) mass is 237 g/mol. The molecule has 1 aromatic heterocycles. The molecule has 0 aliphatic heterocycles. The van der Waals surface area contributed by atoms with E-state index < -0.39 is 0 Å². The van der Waals surface area contributed by atoms with Crippen molar-refractivity contribution in [3.05, 3.63) is 33.2 Å². The zero-order valence-electron chi connectivity index (χ0n) is 11.1. The standard InChI is InChI=1S/C14H23NO2/c1-4-6-8-12-10-11(3)13(9-7-5-2)14(16)15(12)17/h10,17H,4-9H2,1-3H3. The van der Waals surface area contributed by atoms with Crippen molar-refractivity contribution < 1.29 is 5.21 Å². The summed E-state index contributed by atoms with van der Waals surface area (Å²) in [7, 11) is 0. The first-order valence-corrected chi connectivity index (χ1v) is 6.55. The molecule has 1 rings (SSSR count). The molecule has 3 nitrogen and oxygen atoms in total. The Morgan fingerprint density at radius 2 is 1.76 bits per heavy atom. The molecule has 0 bridgehead atoms. The van der Waals surface area contributed by atoms with E-state index in [1.165, 1.54) is 0 Å². The summed E-state index contributed by atoms with van der Waals surface area (Å²) in [4.78, 5) is 12.0. The predicted molar refractivity (Wildman–Crippen MR) is 69.8 cm³/mol. The van der Waals surface area contributed by atoms with Gasteiger partial charge in [0.05, 0.1) is 5.69 Å². The van der Waals surface area contributed by atoms with Crippen LogP contribution in [0.4, 0.5) is 0 Å². The summed E-state index contributed by atoms with van der Waals surface area (Å²) in [6.45, 7) is 6.16. The van der Waals surface area contributed by atoms with E-state index in [-0.39, 0.29) is 5.56 Å². The smallest absolute Gasteiger partial charge is 0.286 e. The lowest BCUT2D eigenvalue weighted by Gasteiger charge is -2.11. The van der Waals surface area contributed by atoms with Crippen LogP contribution in [-0.2, 0) is 12.8 Å². The summed E-state index contributed by atoms with van der Waals surface area (Å²) in [6, 6.07) is 1.95. The quantitative estimate of drug-likeness (QED) is 0.773. The number of hydrogen-bond donors (Lipinski definition) is 1. The van der Waals surface area contributed by atoms with Crippen molar-refractivity contribution in [1.82, 2.24) is 4.73 Å². The highest BCUT2D eigenvalue weighted by molar-refractivity contribution is 5.26. The lowest BCUT2D eigenvalue weighted by molar-refractivity contribution is 0.163. The Hall–Kier alpha value is -1.25. The van der Waals surface area contributed by atoms with Gasteiger partial charge in [0.1, 0.15) is 0 Å². The molecule has 96 valence electrons. The van der Waals surface area contributed by atoms with Crippen molar-refractivity contribution in [2.45, 2.75) is 59.3 Å². The third kappa shape index (κ3) is 3.35. The van der Waals surface area contributed by atoms with Gasteiger partial charge in [-0.2, -0.15) is 4.73 Å². The molecule has 0 aliphatic carbocycles. The second-order valence-electron chi connectivity index (χ2n) is 4.62. The fourth-order valence-electron chi connectivity index (χ4n) is 2.02. The van der Waals surface area contributed by atoms with Crippen LogP contribution in [-0.4, -0.2) is 9.94 Å². The summed E-state index contributed by atoms with van der Waals surface area (Å²) in [5.74, 6) is 0. The average Bonchev–Trinajstić information content (AvgIpc) is 2.32. The molecular weight excluding hydrogens is 214 g/mol. The Kier molecular flexibility index (Phi) is 5.26. The molecule has 0 amide bonds. The maximum atomic E-state index is 12.0. The van der Waals surface area contributed by atoms with E-state index in [1.807, 2.05) is 13.0 Å². The van der Waals surface area contributed by atoms with Gasteiger partial charge < -0.3 is 5.21 Å². The number of unbranched alkanes of at least 4 members (excludes halogenated alkanes) is 2. The van der Waals surface area contributed by atoms with Crippen molar-refractivity contribution in [2.75, 3.05) is 0 Å². The predicted octanol–water partition coefficient (Wildman–Crippen LogP) is 3.08. The van der Waals surface area contributed by atoms with Crippen molar-refractivity contribution in [2.24, 2.45) is 0 Å². The zero-order chi connectivity index (χ0) is 12.8. The molecular formula is C14H23NO2. The minimum atomic E-state index is -0.232. The van der Waals surface area contributed by atoms with E-state index in [9.17, 15) is 10.0 Å². The molecule has 0 unspecified atom stereocenters. The van der Waals surface area contributed by atoms with Gasteiger partial charge in [-0.3, -0.25) is 4.79 Å².